The predicted octanol–water partition coefficient (Wildman–Crippen LogP) is 1.37. The summed E-state index contributed by atoms with van der Waals surface area (Å²) in [4.78, 5) is 26.2. The quantitative estimate of drug-likeness (QED) is 0.806. The molecule has 0 radical (unpaired) electrons. The highest BCUT2D eigenvalue weighted by Crippen LogP contribution is 2.38. The van der Waals surface area contributed by atoms with E-state index in [1.165, 1.54) is 6.20 Å². The normalized spacial score (nSPS) is 22.6. The van der Waals surface area contributed by atoms with Crippen molar-refractivity contribution in [1.82, 2.24) is 4.98 Å². The van der Waals surface area contributed by atoms with Crippen LogP contribution in [0.4, 0.5) is 5.69 Å². The fourth-order valence-electron chi connectivity index (χ4n) is 1.59. The fourth-order valence-corrected chi connectivity index (χ4v) is 1.59. The minimum absolute atomic E-state index is 0.0156. The molecule has 1 heterocycles. The van der Waals surface area contributed by atoms with E-state index in [0.717, 1.165) is 6.42 Å². The Labute approximate surface area is 92.5 Å². The van der Waals surface area contributed by atoms with Crippen molar-refractivity contribution in [2.75, 3.05) is 5.32 Å². The molecule has 2 unspecified atom stereocenters. The van der Waals surface area contributed by atoms with Crippen LogP contribution in [0.5, 0.6) is 0 Å². The zero-order valence-corrected chi connectivity index (χ0v) is 8.80. The van der Waals surface area contributed by atoms with Gasteiger partial charge in [0, 0.05) is 12.1 Å². The molecule has 1 aliphatic rings. The van der Waals surface area contributed by atoms with Crippen molar-refractivity contribution in [2.45, 2.75) is 13.3 Å². The molecule has 84 valence electrons. The largest absolute Gasteiger partial charge is 0.476 e. The van der Waals surface area contributed by atoms with E-state index in [1.54, 1.807) is 12.1 Å². The summed E-state index contributed by atoms with van der Waals surface area (Å²) in [6, 6.07) is 3.14. The number of pyridine rings is 1. The SMILES string of the molecule is CC1CC1C(=O)Nc1cccnc1C(=O)O. The fraction of sp³-hybridized carbons (Fsp3) is 0.364. The van der Waals surface area contributed by atoms with Gasteiger partial charge < -0.3 is 10.4 Å². The highest BCUT2D eigenvalue weighted by Gasteiger charge is 2.39. The van der Waals surface area contributed by atoms with Crippen LogP contribution >= 0.6 is 0 Å². The van der Waals surface area contributed by atoms with Crippen molar-refractivity contribution in [1.29, 1.82) is 0 Å². The van der Waals surface area contributed by atoms with E-state index in [9.17, 15) is 9.59 Å². The minimum Gasteiger partial charge on any atom is -0.476 e. The topological polar surface area (TPSA) is 79.3 Å². The van der Waals surface area contributed by atoms with Gasteiger partial charge in [-0.3, -0.25) is 4.79 Å². The standard InChI is InChI=1S/C11H12N2O3/c1-6-5-7(6)10(14)13-8-3-2-4-12-9(8)11(15)16/h2-4,6-7H,5H2,1H3,(H,13,14)(H,15,16). The molecule has 2 N–H and O–H groups in total. The van der Waals surface area contributed by atoms with E-state index in [-0.39, 0.29) is 23.2 Å². The van der Waals surface area contributed by atoms with Crippen LogP contribution in [0.25, 0.3) is 0 Å². The number of nitrogens with one attached hydrogen (secondary N) is 1. The second-order valence-corrected chi connectivity index (χ2v) is 4.01. The lowest BCUT2D eigenvalue weighted by molar-refractivity contribution is -0.117. The smallest absolute Gasteiger partial charge is 0.356 e. The number of rotatable bonds is 3. The van der Waals surface area contributed by atoms with Gasteiger partial charge in [-0.2, -0.15) is 0 Å². The van der Waals surface area contributed by atoms with Crippen LogP contribution in [0, 0.1) is 11.8 Å². The maximum absolute atomic E-state index is 11.6. The highest BCUT2D eigenvalue weighted by atomic mass is 16.4. The summed E-state index contributed by atoms with van der Waals surface area (Å²) in [6.45, 7) is 1.99. The van der Waals surface area contributed by atoms with Gasteiger partial charge in [0.2, 0.25) is 5.91 Å². The van der Waals surface area contributed by atoms with Crippen LogP contribution in [-0.2, 0) is 4.79 Å². The summed E-state index contributed by atoms with van der Waals surface area (Å²) in [5, 5.41) is 11.5. The molecule has 0 aromatic carbocycles. The second kappa shape index (κ2) is 3.92. The molecule has 1 saturated carbocycles. The van der Waals surface area contributed by atoms with Gasteiger partial charge >= 0.3 is 5.97 Å². The first-order valence-electron chi connectivity index (χ1n) is 5.08. The lowest BCUT2D eigenvalue weighted by Gasteiger charge is -2.06. The Morgan fingerprint density at radius 2 is 2.25 bits per heavy atom. The number of carboxylic acids is 1. The summed E-state index contributed by atoms with van der Waals surface area (Å²) in [5.74, 6) is -0.852. The van der Waals surface area contributed by atoms with E-state index >= 15 is 0 Å². The van der Waals surface area contributed by atoms with Gasteiger partial charge in [-0.15, -0.1) is 0 Å². The van der Waals surface area contributed by atoms with Gasteiger partial charge in [-0.25, -0.2) is 9.78 Å². The molecule has 5 heteroatoms. The monoisotopic (exact) mass is 220 g/mol. The van der Waals surface area contributed by atoms with Gasteiger partial charge in [-0.1, -0.05) is 6.92 Å². The minimum atomic E-state index is -1.14. The summed E-state index contributed by atoms with van der Waals surface area (Å²) in [7, 11) is 0. The number of aromatic carboxylic acids is 1. The van der Waals surface area contributed by atoms with Crippen molar-refractivity contribution in [2.24, 2.45) is 11.8 Å². The van der Waals surface area contributed by atoms with Gasteiger partial charge in [0.1, 0.15) is 0 Å². The predicted molar refractivity (Wildman–Crippen MR) is 57.1 cm³/mol. The van der Waals surface area contributed by atoms with E-state index in [1.807, 2.05) is 6.92 Å². The number of carbonyl (C=O) groups is 2. The summed E-state index contributed by atoms with van der Waals surface area (Å²) in [5.41, 5.74) is 0.142. The van der Waals surface area contributed by atoms with Crippen molar-refractivity contribution in [3.8, 4) is 0 Å². The summed E-state index contributed by atoms with van der Waals surface area (Å²) < 4.78 is 0. The van der Waals surface area contributed by atoms with Crippen LogP contribution in [-0.4, -0.2) is 22.0 Å². The zero-order valence-electron chi connectivity index (χ0n) is 8.80. The van der Waals surface area contributed by atoms with Gasteiger partial charge in [0.05, 0.1) is 5.69 Å². The first-order valence-corrected chi connectivity index (χ1v) is 5.08. The van der Waals surface area contributed by atoms with E-state index in [2.05, 4.69) is 10.3 Å². The first-order chi connectivity index (χ1) is 7.59. The molecule has 0 bridgehead atoms. The number of aromatic nitrogens is 1. The summed E-state index contributed by atoms with van der Waals surface area (Å²) in [6.07, 6.45) is 2.26. The number of carbonyl (C=O) groups excluding carboxylic acids is 1. The van der Waals surface area contributed by atoms with Crippen molar-refractivity contribution in [3.63, 3.8) is 0 Å². The van der Waals surface area contributed by atoms with Gasteiger partial charge in [0.25, 0.3) is 0 Å². The van der Waals surface area contributed by atoms with Gasteiger partial charge in [-0.05, 0) is 24.5 Å². The second-order valence-electron chi connectivity index (χ2n) is 4.01. The zero-order chi connectivity index (χ0) is 11.7. The third kappa shape index (κ3) is 2.03. The third-order valence-corrected chi connectivity index (χ3v) is 2.71. The number of nitrogens with zero attached hydrogens (tertiary/aromatic N) is 1. The van der Waals surface area contributed by atoms with Gasteiger partial charge in [0.15, 0.2) is 5.69 Å². The molecular weight excluding hydrogens is 208 g/mol. The van der Waals surface area contributed by atoms with Crippen LogP contribution in [0.15, 0.2) is 18.3 Å². The molecule has 1 aromatic rings. The maximum atomic E-state index is 11.6. The van der Waals surface area contributed by atoms with Crippen molar-refractivity contribution < 1.29 is 14.7 Å². The Bertz CT molecular complexity index is 445. The number of hydrogen-bond acceptors (Lipinski definition) is 3. The van der Waals surface area contributed by atoms with Crippen molar-refractivity contribution in [3.05, 3.63) is 24.0 Å². The van der Waals surface area contributed by atoms with E-state index < -0.39 is 5.97 Å². The molecule has 1 aliphatic carbocycles. The van der Waals surface area contributed by atoms with E-state index in [4.69, 9.17) is 5.11 Å². The lowest BCUT2D eigenvalue weighted by atomic mass is 10.2. The molecule has 1 aromatic heterocycles. The number of anilines is 1. The third-order valence-electron chi connectivity index (χ3n) is 2.71. The molecule has 0 saturated heterocycles. The Kier molecular flexibility index (Phi) is 2.60. The molecule has 1 amide bonds. The Morgan fingerprint density at radius 1 is 1.56 bits per heavy atom. The van der Waals surface area contributed by atoms with Crippen LogP contribution in [0.3, 0.4) is 0 Å². The lowest BCUT2D eigenvalue weighted by Crippen LogP contribution is -2.17. The molecule has 16 heavy (non-hydrogen) atoms. The average Bonchev–Trinajstić information content (AvgIpc) is 2.96. The number of hydrogen-bond donors (Lipinski definition) is 2. The van der Waals surface area contributed by atoms with Crippen molar-refractivity contribution >= 4 is 17.6 Å². The van der Waals surface area contributed by atoms with Crippen LogP contribution in [0.2, 0.25) is 0 Å². The molecule has 0 aliphatic heterocycles. The number of carboxylic acid groups (broad SMARTS) is 1. The Balaban J connectivity index is 2.14. The Hall–Kier alpha value is -1.91. The number of amides is 1. The molecule has 0 spiro atoms. The Morgan fingerprint density at radius 3 is 2.81 bits per heavy atom. The maximum Gasteiger partial charge on any atom is 0.356 e. The molecule has 5 nitrogen and oxygen atoms in total. The summed E-state index contributed by atoms with van der Waals surface area (Å²) >= 11 is 0. The molecule has 2 atom stereocenters. The first kappa shape index (κ1) is 10.6. The molecular formula is C11H12N2O3. The highest BCUT2D eigenvalue weighted by molar-refractivity contribution is 6.00. The van der Waals surface area contributed by atoms with Crippen LogP contribution in [0.1, 0.15) is 23.8 Å². The molecule has 1 fully saturated rings. The average molecular weight is 220 g/mol. The van der Waals surface area contributed by atoms with Crippen LogP contribution < -0.4 is 5.32 Å². The van der Waals surface area contributed by atoms with E-state index in [0.29, 0.717) is 5.92 Å². The molecule has 2 rings (SSSR count).